The molecule has 2 aromatic carbocycles. The highest BCUT2D eigenvalue weighted by Crippen LogP contribution is 2.25. The lowest BCUT2D eigenvalue weighted by molar-refractivity contribution is -0.123. The number of para-hydroxylation sites is 1. The van der Waals surface area contributed by atoms with Crippen LogP contribution in [-0.4, -0.2) is 24.1 Å². The number of rotatable bonds is 7. The van der Waals surface area contributed by atoms with Crippen molar-refractivity contribution < 1.29 is 14.3 Å². The Morgan fingerprint density at radius 1 is 1.12 bits per heavy atom. The maximum atomic E-state index is 11.9. The molecule has 2 amide bonds. The molecule has 2 aromatic rings. The number of anilines is 1. The van der Waals surface area contributed by atoms with Gasteiger partial charge >= 0.3 is 0 Å². The minimum atomic E-state index is -0.403. The van der Waals surface area contributed by atoms with Crippen LogP contribution < -0.4 is 15.5 Å². The number of aryl methyl sites for hydroxylation is 1. The number of amides is 2. The highest BCUT2D eigenvalue weighted by molar-refractivity contribution is 9.10. The predicted molar refractivity (Wildman–Crippen MR) is 105 cm³/mol. The summed E-state index contributed by atoms with van der Waals surface area (Å²) >= 11 is 3.39. The topological polar surface area (TPSA) is 79.8 Å². The first kappa shape index (κ1) is 19.7. The number of halogens is 1. The Hall–Kier alpha value is -2.67. The largest absolute Gasteiger partial charge is 0.483 e. The summed E-state index contributed by atoms with van der Waals surface area (Å²) in [5, 5.41) is 6.67. The predicted octanol–water partition coefficient (Wildman–Crippen LogP) is 3.66. The summed E-state index contributed by atoms with van der Waals surface area (Å²) in [6.45, 7) is 3.46. The third-order valence-corrected chi connectivity index (χ3v) is 3.91. The van der Waals surface area contributed by atoms with Gasteiger partial charge in [0, 0.05) is 11.4 Å². The fourth-order valence-corrected chi connectivity index (χ4v) is 2.66. The van der Waals surface area contributed by atoms with Crippen LogP contribution in [-0.2, 0) is 9.59 Å². The van der Waals surface area contributed by atoms with Gasteiger partial charge in [-0.15, -0.1) is 0 Å². The van der Waals surface area contributed by atoms with Crippen molar-refractivity contribution in [1.82, 2.24) is 5.43 Å². The Morgan fingerprint density at radius 2 is 1.85 bits per heavy atom. The van der Waals surface area contributed by atoms with E-state index >= 15 is 0 Å². The van der Waals surface area contributed by atoms with Crippen LogP contribution >= 0.6 is 15.9 Å². The average Bonchev–Trinajstić information content (AvgIpc) is 2.60. The molecule has 0 spiro atoms. The molecular formula is C19H20BrN3O3. The Morgan fingerprint density at radius 3 is 2.54 bits per heavy atom. The number of benzene rings is 2. The molecule has 136 valence electrons. The minimum Gasteiger partial charge on any atom is -0.483 e. The molecule has 0 fully saturated rings. The minimum absolute atomic E-state index is 0.0829. The van der Waals surface area contributed by atoms with Crippen LogP contribution in [0.15, 0.2) is 58.1 Å². The van der Waals surface area contributed by atoms with Crippen LogP contribution in [0.4, 0.5) is 5.69 Å². The van der Waals surface area contributed by atoms with E-state index < -0.39 is 5.91 Å². The average molecular weight is 418 g/mol. The zero-order valence-electron chi connectivity index (χ0n) is 14.6. The molecule has 0 saturated carbocycles. The summed E-state index contributed by atoms with van der Waals surface area (Å²) in [5.41, 5.74) is 4.67. The molecule has 26 heavy (non-hydrogen) atoms. The normalized spacial score (nSPS) is 11.0. The molecule has 6 nitrogen and oxygen atoms in total. The molecule has 2 rings (SSSR count). The van der Waals surface area contributed by atoms with Crippen LogP contribution in [0.3, 0.4) is 0 Å². The van der Waals surface area contributed by atoms with Crippen LogP contribution in [0.1, 0.15) is 18.9 Å². The van der Waals surface area contributed by atoms with Gasteiger partial charge in [-0.05, 0) is 59.6 Å². The maximum absolute atomic E-state index is 11.9. The summed E-state index contributed by atoms with van der Waals surface area (Å²) in [6.07, 6.45) is 0.0829. The number of hydrogen-bond acceptors (Lipinski definition) is 4. The molecule has 0 atom stereocenters. The highest BCUT2D eigenvalue weighted by Gasteiger charge is 2.07. The molecule has 2 N–H and O–H groups in total. The van der Waals surface area contributed by atoms with Crippen molar-refractivity contribution in [2.24, 2.45) is 5.10 Å². The molecule has 7 heteroatoms. The maximum Gasteiger partial charge on any atom is 0.277 e. The molecular weight excluding hydrogens is 398 g/mol. The van der Waals surface area contributed by atoms with Crippen LogP contribution in [0.5, 0.6) is 5.75 Å². The van der Waals surface area contributed by atoms with Gasteiger partial charge in [-0.3, -0.25) is 9.59 Å². The summed E-state index contributed by atoms with van der Waals surface area (Å²) in [4.78, 5) is 23.7. The fourth-order valence-electron chi connectivity index (χ4n) is 2.05. The van der Waals surface area contributed by atoms with Crippen molar-refractivity contribution in [2.75, 3.05) is 11.9 Å². The molecule has 0 saturated heterocycles. The third-order valence-electron chi connectivity index (χ3n) is 3.29. The summed E-state index contributed by atoms with van der Waals surface area (Å²) in [5.74, 6) is -0.0273. The molecule has 0 aromatic heterocycles. The fraction of sp³-hybridized carbons (Fsp3) is 0.211. The van der Waals surface area contributed by atoms with Gasteiger partial charge in [0.05, 0.1) is 10.9 Å². The quantitative estimate of drug-likeness (QED) is 0.532. The van der Waals surface area contributed by atoms with E-state index in [0.29, 0.717) is 17.1 Å². The Labute approximate surface area is 160 Å². The third kappa shape index (κ3) is 6.68. The van der Waals surface area contributed by atoms with Gasteiger partial charge in [0.25, 0.3) is 5.91 Å². The molecule has 0 heterocycles. The molecule has 0 bridgehead atoms. The van der Waals surface area contributed by atoms with Crippen molar-refractivity contribution in [3.8, 4) is 5.75 Å². The second kappa shape index (κ2) is 9.72. The lowest BCUT2D eigenvalue weighted by Crippen LogP contribution is -2.26. The standard InChI is InChI=1S/C19H20BrN3O3/c1-13-8-9-17(16(20)10-13)26-12-19(25)23-22-14(2)11-18(24)21-15-6-4-3-5-7-15/h3-10H,11-12H2,1-2H3,(H,21,24)(H,23,25). The van der Waals surface area contributed by atoms with E-state index in [-0.39, 0.29) is 18.9 Å². The van der Waals surface area contributed by atoms with Crippen LogP contribution in [0.2, 0.25) is 0 Å². The molecule has 0 aliphatic carbocycles. The van der Waals surface area contributed by atoms with Crippen molar-refractivity contribution >= 4 is 39.1 Å². The van der Waals surface area contributed by atoms with Crippen molar-refractivity contribution in [2.45, 2.75) is 20.3 Å². The lowest BCUT2D eigenvalue weighted by atomic mass is 10.2. The van der Waals surface area contributed by atoms with Gasteiger partial charge in [-0.25, -0.2) is 5.43 Å². The molecule has 0 aliphatic heterocycles. The second-order valence-electron chi connectivity index (χ2n) is 5.70. The second-order valence-corrected chi connectivity index (χ2v) is 6.55. The first-order chi connectivity index (χ1) is 12.4. The lowest BCUT2D eigenvalue weighted by Gasteiger charge is -2.08. The van der Waals surface area contributed by atoms with E-state index in [0.717, 1.165) is 10.0 Å². The first-order valence-corrected chi connectivity index (χ1v) is 8.79. The summed E-state index contributed by atoms with van der Waals surface area (Å²) < 4.78 is 6.22. The number of hydrogen-bond donors (Lipinski definition) is 2. The summed E-state index contributed by atoms with van der Waals surface area (Å²) in [6, 6.07) is 14.7. The van der Waals surface area contributed by atoms with E-state index in [1.54, 1.807) is 25.1 Å². The van der Waals surface area contributed by atoms with Gasteiger partial charge < -0.3 is 10.1 Å². The van der Waals surface area contributed by atoms with Gasteiger partial charge in [0.1, 0.15) is 5.75 Å². The Balaban J connectivity index is 1.76. The zero-order valence-corrected chi connectivity index (χ0v) is 16.2. The molecule has 0 unspecified atom stereocenters. The Kier molecular flexibility index (Phi) is 7.35. The zero-order chi connectivity index (χ0) is 18.9. The first-order valence-electron chi connectivity index (χ1n) is 8.00. The van der Waals surface area contributed by atoms with E-state index in [2.05, 4.69) is 31.8 Å². The van der Waals surface area contributed by atoms with E-state index in [1.807, 2.05) is 37.3 Å². The van der Waals surface area contributed by atoms with Crippen molar-refractivity contribution in [1.29, 1.82) is 0 Å². The SMILES string of the molecule is CC(CC(=O)Nc1ccccc1)=NNC(=O)COc1ccc(C)cc1Br. The van der Waals surface area contributed by atoms with Crippen LogP contribution in [0.25, 0.3) is 0 Å². The number of ether oxygens (including phenoxy) is 1. The van der Waals surface area contributed by atoms with Gasteiger partial charge in [-0.2, -0.15) is 5.10 Å². The van der Waals surface area contributed by atoms with Crippen molar-refractivity contribution in [3.63, 3.8) is 0 Å². The van der Waals surface area contributed by atoms with Crippen molar-refractivity contribution in [3.05, 3.63) is 58.6 Å². The van der Waals surface area contributed by atoms with Gasteiger partial charge in [0.15, 0.2) is 6.61 Å². The smallest absolute Gasteiger partial charge is 0.277 e. The number of nitrogens with zero attached hydrogens (tertiary/aromatic N) is 1. The Bertz CT molecular complexity index is 807. The number of nitrogens with one attached hydrogen (secondary N) is 2. The van der Waals surface area contributed by atoms with Crippen LogP contribution in [0, 0.1) is 6.92 Å². The van der Waals surface area contributed by atoms with E-state index in [1.165, 1.54) is 0 Å². The molecule has 0 radical (unpaired) electrons. The highest BCUT2D eigenvalue weighted by atomic mass is 79.9. The molecule has 0 aliphatic rings. The number of hydrazone groups is 1. The van der Waals surface area contributed by atoms with Gasteiger partial charge in [-0.1, -0.05) is 24.3 Å². The van der Waals surface area contributed by atoms with E-state index in [4.69, 9.17) is 4.74 Å². The summed E-state index contributed by atoms with van der Waals surface area (Å²) in [7, 11) is 0. The number of carbonyl (C=O) groups is 2. The van der Waals surface area contributed by atoms with E-state index in [9.17, 15) is 9.59 Å². The monoisotopic (exact) mass is 417 g/mol. The van der Waals surface area contributed by atoms with Gasteiger partial charge in [0.2, 0.25) is 5.91 Å². The number of carbonyl (C=O) groups excluding carboxylic acids is 2.